The third-order valence-corrected chi connectivity index (χ3v) is 6.23. The van der Waals surface area contributed by atoms with Gasteiger partial charge in [0.2, 0.25) is 0 Å². The second-order valence-corrected chi connectivity index (χ2v) is 8.71. The molecule has 0 N–H and O–H groups in total. The van der Waals surface area contributed by atoms with Crippen molar-refractivity contribution in [1.82, 2.24) is 4.90 Å². The molecule has 0 spiro atoms. The quantitative estimate of drug-likeness (QED) is 0.425. The van der Waals surface area contributed by atoms with Crippen molar-refractivity contribution in [3.8, 4) is 5.75 Å². The summed E-state index contributed by atoms with van der Waals surface area (Å²) in [4.78, 5) is 31.8. The highest BCUT2D eigenvalue weighted by atomic mass is 32.2. The largest absolute Gasteiger partial charge is 0.496 e. The lowest BCUT2D eigenvalue weighted by atomic mass is 9.96. The van der Waals surface area contributed by atoms with Crippen molar-refractivity contribution in [3.63, 3.8) is 0 Å². The maximum Gasteiger partial charge on any atom is 0.337 e. The van der Waals surface area contributed by atoms with E-state index in [9.17, 15) is 9.59 Å². The Balaban J connectivity index is 1.99. The van der Waals surface area contributed by atoms with Gasteiger partial charge in [0.1, 0.15) is 5.75 Å². The summed E-state index contributed by atoms with van der Waals surface area (Å²) in [5, 5.41) is 0.584. The van der Waals surface area contributed by atoms with Gasteiger partial charge in [-0.05, 0) is 84.6 Å². The van der Waals surface area contributed by atoms with Gasteiger partial charge in [0.15, 0.2) is 5.17 Å². The molecule has 7 heteroatoms. The fourth-order valence-corrected chi connectivity index (χ4v) is 4.49. The first-order valence-corrected chi connectivity index (χ1v) is 11.3. The number of carbonyl (C=O) groups is 2. The highest BCUT2D eigenvalue weighted by molar-refractivity contribution is 8.18. The van der Waals surface area contributed by atoms with Crippen molar-refractivity contribution in [1.29, 1.82) is 0 Å². The van der Waals surface area contributed by atoms with E-state index in [-0.39, 0.29) is 5.91 Å². The molecule has 2 aromatic rings. The number of amidine groups is 1. The first-order chi connectivity index (χ1) is 15.3. The zero-order chi connectivity index (χ0) is 23.4. The van der Waals surface area contributed by atoms with Crippen LogP contribution in [0, 0.1) is 6.92 Å². The van der Waals surface area contributed by atoms with Crippen LogP contribution < -0.4 is 4.74 Å². The second-order valence-electron chi connectivity index (χ2n) is 7.70. The summed E-state index contributed by atoms with van der Waals surface area (Å²) < 4.78 is 10.3. The van der Waals surface area contributed by atoms with Crippen molar-refractivity contribution in [2.45, 2.75) is 33.6 Å². The number of likely N-dealkylation sites (N-methyl/N-ethyl adjacent to an activating group) is 1. The van der Waals surface area contributed by atoms with E-state index in [1.54, 1.807) is 36.3 Å². The van der Waals surface area contributed by atoms with E-state index in [0.717, 1.165) is 22.4 Å². The van der Waals surface area contributed by atoms with Crippen LogP contribution in [0.5, 0.6) is 5.75 Å². The minimum Gasteiger partial charge on any atom is -0.496 e. The van der Waals surface area contributed by atoms with Gasteiger partial charge in [-0.1, -0.05) is 19.9 Å². The number of aliphatic imine (C=N–C) groups is 1. The van der Waals surface area contributed by atoms with E-state index in [1.165, 1.54) is 18.9 Å². The summed E-state index contributed by atoms with van der Waals surface area (Å²) in [6, 6.07) is 11.0. The minimum atomic E-state index is -0.425. The SMILES string of the molecule is CCN1C(=O)C(=Cc2cc(C(C)C)c(OC)cc2C)SC1=Nc1cccc(C(=O)OC)c1. The van der Waals surface area contributed by atoms with Crippen molar-refractivity contribution in [3.05, 3.63) is 63.6 Å². The Hall–Kier alpha value is -3.06. The standard InChI is InChI=1S/C25H28N2O4S/c1-7-27-23(28)22(14-18-13-20(15(2)3)21(30-5)11-16(18)4)32-25(27)26-19-10-8-9-17(12-19)24(29)31-6/h8-15H,7H2,1-6H3. The number of methoxy groups -OCH3 is 2. The van der Waals surface area contributed by atoms with Crippen LogP contribution in [-0.4, -0.2) is 42.7 Å². The Morgan fingerprint density at radius 3 is 2.59 bits per heavy atom. The van der Waals surface area contributed by atoms with Gasteiger partial charge in [0, 0.05) is 6.54 Å². The summed E-state index contributed by atoms with van der Waals surface area (Å²) >= 11 is 1.33. The van der Waals surface area contributed by atoms with Crippen LogP contribution in [0.4, 0.5) is 5.69 Å². The molecule has 0 aliphatic carbocycles. The molecule has 6 nitrogen and oxygen atoms in total. The molecule has 0 unspecified atom stereocenters. The lowest BCUT2D eigenvalue weighted by Crippen LogP contribution is -2.28. The van der Waals surface area contributed by atoms with E-state index in [1.807, 2.05) is 26.0 Å². The number of amides is 1. The highest BCUT2D eigenvalue weighted by Gasteiger charge is 2.32. The lowest BCUT2D eigenvalue weighted by Gasteiger charge is -2.15. The van der Waals surface area contributed by atoms with Crippen LogP contribution in [0.2, 0.25) is 0 Å². The molecule has 0 aromatic heterocycles. The van der Waals surface area contributed by atoms with E-state index >= 15 is 0 Å². The number of aryl methyl sites for hydroxylation is 1. The highest BCUT2D eigenvalue weighted by Crippen LogP contribution is 2.36. The number of esters is 1. The number of carbonyl (C=O) groups excluding carboxylic acids is 2. The molecule has 32 heavy (non-hydrogen) atoms. The number of rotatable bonds is 6. The molecule has 168 valence electrons. The molecule has 2 aromatic carbocycles. The molecule has 0 saturated carbocycles. The molecule has 1 amide bonds. The number of hydrogen-bond donors (Lipinski definition) is 0. The van der Waals surface area contributed by atoms with Crippen LogP contribution in [0.15, 0.2) is 46.3 Å². The maximum atomic E-state index is 13.1. The van der Waals surface area contributed by atoms with Crippen molar-refractivity contribution in [2.24, 2.45) is 4.99 Å². The van der Waals surface area contributed by atoms with Gasteiger partial charge in [0.25, 0.3) is 5.91 Å². The van der Waals surface area contributed by atoms with Crippen molar-refractivity contribution < 1.29 is 19.1 Å². The van der Waals surface area contributed by atoms with Crippen LogP contribution in [-0.2, 0) is 9.53 Å². The molecular formula is C25H28N2O4S. The summed E-state index contributed by atoms with van der Waals surface area (Å²) in [5.41, 5.74) is 4.12. The fraction of sp³-hybridized carbons (Fsp3) is 0.320. The first kappa shape index (κ1) is 23.6. The molecule has 0 bridgehead atoms. The van der Waals surface area contributed by atoms with Crippen LogP contribution in [0.3, 0.4) is 0 Å². The van der Waals surface area contributed by atoms with Gasteiger partial charge in [-0.15, -0.1) is 0 Å². The summed E-state index contributed by atoms with van der Waals surface area (Å²) in [5.74, 6) is 0.640. The van der Waals surface area contributed by atoms with E-state index < -0.39 is 5.97 Å². The summed E-state index contributed by atoms with van der Waals surface area (Å²) in [7, 11) is 3.01. The van der Waals surface area contributed by atoms with Gasteiger partial charge >= 0.3 is 5.97 Å². The topological polar surface area (TPSA) is 68.2 Å². The molecule has 0 atom stereocenters. The number of hydrogen-bond acceptors (Lipinski definition) is 6. The van der Waals surface area contributed by atoms with E-state index in [2.05, 4.69) is 24.9 Å². The third kappa shape index (κ3) is 4.88. The van der Waals surface area contributed by atoms with Crippen LogP contribution in [0.1, 0.15) is 53.7 Å². The molecule has 1 aliphatic heterocycles. The summed E-state index contributed by atoms with van der Waals surface area (Å²) in [6.45, 7) is 8.65. The first-order valence-electron chi connectivity index (χ1n) is 10.5. The molecule has 0 radical (unpaired) electrons. The van der Waals surface area contributed by atoms with Gasteiger partial charge in [-0.2, -0.15) is 0 Å². The number of benzene rings is 2. The zero-order valence-corrected chi connectivity index (χ0v) is 20.1. The molecule has 1 fully saturated rings. The van der Waals surface area contributed by atoms with Crippen LogP contribution >= 0.6 is 11.8 Å². The Morgan fingerprint density at radius 1 is 1.22 bits per heavy atom. The number of thioether (sulfide) groups is 1. The zero-order valence-electron chi connectivity index (χ0n) is 19.3. The van der Waals surface area contributed by atoms with Crippen LogP contribution in [0.25, 0.3) is 6.08 Å². The van der Waals surface area contributed by atoms with Gasteiger partial charge in [-0.25, -0.2) is 9.79 Å². The monoisotopic (exact) mass is 452 g/mol. The van der Waals surface area contributed by atoms with Gasteiger partial charge in [-0.3, -0.25) is 9.69 Å². The average Bonchev–Trinajstić information content (AvgIpc) is 3.07. The Morgan fingerprint density at radius 2 is 1.97 bits per heavy atom. The lowest BCUT2D eigenvalue weighted by molar-refractivity contribution is -0.122. The number of nitrogens with zero attached hydrogens (tertiary/aromatic N) is 2. The molecule has 3 rings (SSSR count). The van der Waals surface area contributed by atoms with E-state index in [0.29, 0.717) is 33.8 Å². The molecule has 1 heterocycles. The van der Waals surface area contributed by atoms with Gasteiger partial charge in [0.05, 0.1) is 30.4 Å². The minimum absolute atomic E-state index is 0.0818. The fourth-order valence-electron chi connectivity index (χ4n) is 3.44. The van der Waals surface area contributed by atoms with Gasteiger partial charge < -0.3 is 9.47 Å². The average molecular weight is 453 g/mol. The van der Waals surface area contributed by atoms with E-state index in [4.69, 9.17) is 9.47 Å². The molecular weight excluding hydrogens is 424 g/mol. The summed E-state index contributed by atoms with van der Waals surface area (Å²) in [6.07, 6.45) is 1.92. The Bertz CT molecular complexity index is 1110. The predicted molar refractivity (Wildman–Crippen MR) is 130 cm³/mol. The van der Waals surface area contributed by atoms with Crippen molar-refractivity contribution >= 4 is 40.6 Å². The predicted octanol–water partition coefficient (Wildman–Crippen LogP) is 5.54. The maximum absolute atomic E-state index is 13.1. The third-order valence-electron chi connectivity index (χ3n) is 5.22. The van der Waals surface area contributed by atoms with Crippen molar-refractivity contribution in [2.75, 3.05) is 20.8 Å². The molecule has 1 aliphatic rings. The molecule has 1 saturated heterocycles. The normalized spacial score (nSPS) is 16.3. The number of ether oxygens (including phenoxy) is 2. The Kier molecular flexibility index (Phi) is 7.40. The second kappa shape index (κ2) is 10.0. The smallest absolute Gasteiger partial charge is 0.337 e. The Labute approximate surface area is 193 Å².